The number of rotatable bonds is 11. The third-order valence-corrected chi connectivity index (χ3v) is 8.30. The molecule has 1 fully saturated rings. The molecule has 38 heavy (non-hydrogen) atoms. The predicted octanol–water partition coefficient (Wildman–Crippen LogP) is 4.33. The van der Waals surface area contributed by atoms with Gasteiger partial charge in [0, 0.05) is 12.6 Å². The number of hydrogen-bond acceptors (Lipinski definition) is 5. The van der Waals surface area contributed by atoms with E-state index in [1.165, 1.54) is 11.3 Å². The molecular formula is C29H41N3O5S. The van der Waals surface area contributed by atoms with Gasteiger partial charge in [-0.2, -0.15) is 0 Å². The van der Waals surface area contributed by atoms with E-state index in [0.29, 0.717) is 17.9 Å². The van der Waals surface area contributed by atoms with Gasteiger partial charge < -0.3 is 15.0 Å². The molecule has 9 heteroatoms. The van der Waals surface area contributed by atoms with Crippen LogP contribution in [0.5, 0.6) is 5.75 Å². The number of carbonyl (C=O) groups excluding carboxylic acids is 2. The minimum Gasteiger partial charge on any atom is -0.497 e. The predicted molar refractivity (Wildman–Crippen MR) is 151 cm³/mol. The number of aryl methyl sites for hydroxylation is 2. The van der Waals surface area contributed by atoms with Crippen LogP contribution < -0.4 is 14.4 Å². The second kappa shape index (κ2) is 13.1. The first kappa shape index (κ1) is 29.5. The summed E-state index contributed by atoms with van der Waals surface area (Å²) in [7, 11) is -2.21. The van der Waals surface area contributed by atoms with Gasteiger partial charge in [-0.25, -0.2) is 8.42 Å². The molecule has 1 saturated carbocycles. The van der Waals surface area contributed by atoms with Crippen LogP contribution in [0.15, 0.2) is 42.5 Å². The summed E-state index contributed by atoms with van der Waals surface area (Å²) < 4.78 is 32.4. The van der Waals surface area contributed by atoms with Crippen molar-refractivity contribution in [2.75, 3.05) is 24.2 Å². The molecule has 0 aromatic heterocycles. The number of methoxy groups -OCH3 is 1. The number of nitrogens with one attached hydrogen (secondary N) is 1. The average Bonchev–Trinajstić information content (AvgIpc) is 2.88. The van der Waals surface area contributed by atoms with Crippen LogP contribution >= 0.6 is 0 Å². The summed E-state index contributed by atoms with van der Waals surface area (Å²) in [6.45, 7) is 5.27. The maximum atomic E-state index is 14.0. The normalized spacial score (nSPS) is 15.0. The Balaban J connectivity index is 1.96. The molecule has 0 radical (unpaired) electrons. The van der Waals surface area contributed by atoms with Gasteiger partial charge in [-0.1, -0.05) is 56.5 Å². The fraction of sp³-hybridized carbons (Fsp3) is 0.517. The number of para-hydroxylation sites is 1. The number of hydrogen-bond donors (Lipinski definition) is 1. The lowest BCUT2D eigenvalue weighted by molar-refractivity contribution is -0.140. The Kier molecular flexibility index (Phi) is 10.2. The molecule has 1 aliphatic carbocycles. The largest absolute Gasteiger partial charge is 0.497 e. The molecule has 1 N–H and O–H groups in total. The zero-order chi connectivity index (χ0) is 27.9. The Hall–Kier alpha value is -3.07. The molecule has 208 valence electrons. The van der Waals surface area contributed by atoms with E-state index in [2.05, 4.69) is 5.32 Å². The standard InChI is InChI=1S/C29H41N3O5S/c1-6-26(29(34)30-24-15-8-7-9-16-24)31(19-23-14-11-17-25(18-23)37-4)27(33)20-32(38(5,35)36)28-21(2)12-10-13-22(28)3/h10-14,17-18,24,26H,6-9,15-16,19-20H2,1-5H3,(H,30,34)/t26-/m1/s1. The molecule has 0 unspecified atom stereocenters. The number of ether oxygens (including phenoxy) is 1. The van der Waals surface area contributed by atoms with Crippen molar-refractivity contribution in [3.05, 3.63) is 59.2 Å². The molecule has 1 aliphatic rings. The summed E-state index contributed by atoms with van der Waals surface area (Å²) in [5.74, 6) is 0.00284. The first-order chi connectivity index (χ1) is 18.0. The fourth-order valence-electron chi connectivity index (χ4n) is 5.21. The Bertz CT molecular complexity index is 1200. The van der Waals surface area contributed by atoms with Crippen molar-refractivity contribution >= 4 is 27.5 Å². The molecular weight excluding hydrogens is 502 g/mol. The third kappa shape index (κ3) is 7.49. The molecule has 2 amide bonds. The number of amides is 2. The summed E-state index contributed by atoms with van der Waals surface area (Å²) in [6.07, 6.45) is 6.69. The van der Waals surface area contributed by atoms with E-state index in [9.17, 15) is 18.0 Å². The zero-order valence-corrected chi connectivity index (χ0v) is 24.0. The maximum absolute atomic E-state index is 14.0. The molecule has 1 atom stereocenters. The number of anilines is 1. The molecule has 2 aromatic rings. The summed E-state index contributed by atoms with van der Waals surface area (Å²) in [4.78, 5) is 29.0. The van der Waals surface area contributed by atoms with Crippen molar-refractivity contribution in [2.24, 2.45) is 0 Å². The molecule has 3 rings (SSSR count). The van der Waals surface area contributed by atoms with Gasteiger partial charge in [0.25, 0.3) is 0 Å². The lowest BCUT2D eigenvalue weighted by atomic mass is 9.95. The Morgan fingerprint density at radius 1 is 1.05 bits per heavy atom. The van der Waals surface area contributed by atoms with Crippen molar-refractivity contribution < 1.29 is 22.7 Å². The van der Waals surface area contributed by atoms with Gasteiger partial charge in [-0.05, 0) is 61.9 Å². The summed E-state index contributed by atoms with van der Waals surface area (Å²) in [5, 5.41) is 3.16. The molecule has 0 saturated heterocycles. The first-order valence-corrected chi connectivity index (χ1v) is 15.2. The SMILES string of the molecule is CC[C@H](C(=O)NC1CCCCC1)N(Cc1cccc(OC)c1)C(=O)CN(c1c(C)cccc1C)S(C)(=O)=O. The fourth-order valence-corrected chi connectivity index (χ4v) is 6.17. The smallest absolute Gasteiger partial charge is 0.244 e. The van der Waals surface area contributed by atoms with Crippen molar-refractivity contribution in [3.63, 3.8) is 0 Å². The molecule has 8 nitrogen and oxygen atoms in total. The topological polar surface area (TPSA) is 96.0 Å². The van der Waals surface area contributed by atoms with Crippen LogP contribution in [-0.4, -0.2) is 57.1 Å². The number of sulfonamides is 1. The van der Waals surface area contributed by atoms with Crippen molar-refractivity contribution in [1.29, 1.82) is 0 Å². The van der Waals surface area contributed by atoms with E-state index < -0.39 is 28.5 Å². The van der Waals surface area contributed by atoms with Crippen LogP contribution in [-0.2, 0) is 26.2 Å². The molecule has 0 aliphatic heterocycles. The monoisotopic (exact) mass is 543 g/mol. The quantitative estimate of drug-likeness (QED) is 0.455. The van der Waals surface area contributed by atoms with Gasteiger partial charge in [0.15, 0.2) is 0 Å². The zero-order valence-electron chi connectivity index (χ0n) is 23.2. The van der Waals surface area contributed by atoms with Gasteiger partial charge in [0.1, 0.15) is 18.3 Å². The van der Waals surface area contributed by atoms with E-state index >= 15 is 0 Å². The van der Waals surface area contributed by atoms with Crippen molar-refractivity contribution in [1.82, 2.24) is 10.2 Å². The second-order valence-electron chi connectivity index (χ2n) is 10.2. The lowest BCUT2D eigenvalue weighted by Crippen LogP contribution is -2.54. The van der Waals surface area contributed by atoms with Crippen LogP contribution in [0.25, 0.3) is 0 Å². The highest BCUT2D eigenvalue weighted by atomic mass is 32.2. The van der Waals surface area contributed by atoms with E-state index in [0.717, 1.165) is 52.9 Å². The van der Waals surface area contributed by atoms with Crippen molar-refractivity contribution in [2.45, 2.75) is 77.9 Å². The van der Waals surface area contributed by atoms with Gasteiger partial charge in [0.05, 0.1) is 19.1 Å². The molecule has 0 heterocycles. The third-order valence-electron chi connectivity index (χ3n) is 7.19. The van der Waals surface area contributed by atoms with Gasteiger partial charge in [-0.15, -0.1) is 0 Å². The number of carbonyl (C=O) groups is 2. The van der Waals surface area contributed by atoms with E-state index in [-0.39, 0.29) is 18.5 Å². The highest BCUT2D eigenvalue weighted by molar-refractivity contribution is 7.92. The number of benzene rings is 2. The van der Waals surface area contributed by atoms with Gasteiger partial charge in [0.2, 0.25) is 21.8 Å². The number of nitrogens with zero attached hydrogens (tertiary/aromatic N) is 2. The highest BCUT2D eigenvalue weighted by Gasteiger charge is 2.33. The first-order valence-electron chi connectivity index (χ1n) is 13.3. The summed E-state index contributed by atoms with van der Waals surface area (Å²) in [6, 6.07) is 12.2. The Morgan fingerprint density at radius 2 is 1.68 bits per heavy atom. The average molecular weight is 544 g/mol. The van der Waals surface area contributed by atoms with Gasteiger partial charge >= 0.3 is 0 Å². The highest BCUT2D eigenvalue weighted by Crippen LogP contribution is 2.27. The second-order valence-corrected chi connectivity index (χ2v) is 12.1. The minimum absolute atomic E-state index is 0.0983. The van der Waals surface area contributed by atoms with E-state index in [4.69, 9.17) is 4.74 Å². The van der Waals surface area contributed by atoms with Crippen LogP contribution in [0.1, 0.15) is 62.1 Å². The van der Waals surface area contributed by atoms with Crippen LogP contribution in [0.2, 0.25) is 0 Å². The van der Waals surface area contributed by atoms with E-state index in [1.807, 2.05) is 63.2 Å². The maximum Gasteiger partial charge on any atom is 0.244 e. The minimum atomic E-state index is -3.79. The Labute approximate surface area is 227 Å². The van der Waals surface area contributed by atoms with Crippen LogP contribution in [0.3, 0.4) is 0 Å². The summed E-state index contributed by atoms with van der Waals surface area (Å²) >= 11 is 0. The van der Waals surface area contributed by atoms with Crippen LogP contribution in [0.4, 0.5) is 5.69 Å². The Morgan fingerprint density at radius 3 is 2.26 bits per heavy atom. The molecule has 0 spiro atoms. The van der Waals surface area contributed by atoms with Crippen molar-refractivity contribution in [3.8, 4) is 5.75 Å². The molecule has 2 aromatic carbocycles. The summed E-state index contributed by atoms with van der Waals surface area (Å²) in [5.41, 5.74) is 2.79. The lowest BCUT2D eigenvalue weighted by Gasteiger charge is -2.34. The van der Waals surface area contributed by atoms with E-state index in [1.54, 1.807) is 7.11 Å². The molecule has 0 bridgehead atoms. The van der Waals surface area contributed by atoms with Crippen LogP contribution in [0, 0.1) is 13.8 Å². The van der Waals surface area contributed by atoms with Gasteiger partial charge in [-0.3, -0.25) is 13.9 Å².